The van der Waals surface area contributed by atoms with E-state index in [0.717, 1.165) is 0 Å². The maximum Gasteiger partial charge on any atom is 0.313 e. The first kappa shape index (κ1) is 7.06. The Morgan fingerprint density at radius 2 is 2.10 bits per heavy atom. The fourth-order valence-corrected chi connectivity index (χ4v) is 0.773. The van der Waals surface area contributed by atoms with Crippen molar-refractivity contribution in [3.63, 3.8) is 0 Å². The first-order valence-corrected chi connectivity index (χ1v) is 3.09. The molecule has 0 spiro atoms. The molecule has 0 aromatic carbocycles. The molecule has 0 saturated heterocycles. The van der Waals surface area contributed by atoms with Crippen molar-refractivity contribution in [2.24, 2.45) is 5.41 Å². The van der Waals surface area contributed by atoms with Gasteiger partial charge in [0.05, 0.1) is 5.41 Å². The standard InChI is InChI=1S/C8H9O2/c1-8(7(9)10)5-3-2-4-6-8/h2-6H,1H3,(H,9,10). The molecule has 1 unspecified atom stereocenters. The van der Waals surface area contributed by atoms with Gasteiger partial charge in [0.15, 0.2) is 0 Å². The third-order valence-corrected chi connectivity index (χ3v) is 1.57. The van der Waals surface area contributed by atoms with Gasteiger partial charge in [0, 0.05) is 6.42 Å². The van der Waals surface area contributed by atoms with Gasteiger partial charge in [-0.3, -0.25) is 4.79 Å². The van der Waals surface area contributed by atoms with Crippen molar-refractivity contribution < 1.29 is 9.90 Å². The van der Waals surface area contributed by atoms with E-state index in [9.17, 15) is 4.79 Å². The fourth-order valence-electron chi connectivity index (χ4n) is 0.773. The highest BCUT2D eigenvalue weighted by Crippen LogP contribution is 2.25. The summed E-state index contributed by atoms with van der Waals surface area (Å²) < 4.78 is 0. The predicted octanol–water partition coefficient (Wildman–Crippen LogP) is 1.41. The van der Waals surface area contributed by atoms with Crippen LogP contribution in [0.5, 0.6) is 0 Å². The van der Waals surface area contributed by atoms with Crippen LogP contribution in [0.1, 0.15) is 6.92 Å². The SMILES string of the molecule is CC1(C(=O)O)[CH]C=CC=C1. The van der Waals surface area contributed by atoms with Crippen molar-refractivity contribution in [2.75, 3.05) is 0 Å². The molecule has 1 N–H and O–H groups in total. The fraction of sp³-hybridized carbons (Fsp3) is 0.250. The molecule has 10 heavy (non-hydrogen) atoms. The number of hydrogen-bond acceptors (Lipinski definition) is 1. The van der Waals surface area contributed by atoms with E-state index in [2.05, 4.69) is 0 Å². The molecule has 1 atom stereocenters. The van der Waals surface area contributed by atoms with Crippen LogP contribution in [0.3, 0.4) is 0 Å². The summed E-state index contributed by atoms with van der Waals surface area (Å²) in [5, 5.41) is 8.68. The highest BCUT2D eigenvalue weighted by Gasteiger charge is 2.29. The van der Waals surface area contributed by atoms with Crippen molar-refractivity contribution in [1.29, 1.82) is 0 Å². The van der Waals surface area contributed by atoms with E-state index in [4.69, 9.17) is 5.11 Å². The zero-order chi connectivity index (χ0) is 7.61. The molecule has 1 rings (SSSR count). The molecule has 2 nitrogen and oxygen atoms in total. The molecule has 0 bridgehead atoms. The van der Waals surface area contributed by atoms with Crippen LogP contribution >= 0.6 is 0 Å². The van der Waals surface area contributed by atoms with E-state index in [-0.39, 0.29) is 0 Å². The molecule has 0 aromatic heterocycles. The Hall–Kier alpha value is -1.05. The maximum absolute atomic E-state index is 10.6. The number of allylic oxidation sites excluding steroid dienone is 3. The Labute approximate surface area is 59.9 Å². The van der Waals surface area contributed by atoms with Gasteiger partial charge in [0.2, 0.25) is 0 Å². The predicted molar refractivity (Wildman–Crippen MR) is 38.3 cm³/mol. The largest absolute Gasteiger partial charge is 0.481 e. The molecular formula is C8H9O2. The smallest absolute Gasteiger partial charge is 0.313 e. The maximum atomic E-state index is 10.6. The van der Waals surface area contributed by atoms with Crippen LogP contribution in [0.25, 0.3) is 0 Å². The molecule has 0 aromatic rings. The highest BCUT2D eigenvalue weighted by atomic mass is 16.4. The number of aliphatic carboxylic acids is 1. The van der Waals surface area contributed by atoms with Gasteiger partial charge in [0.1, 0.15) is 0 Å². The van der Waals surface area contributed by atoms with E-state index < -0.39 is 11.4 Å². The van der Waals surface area contributed by atoms with Crippen LogP contribution < -0.4 is 0 Å². The highest BCUT2D eigenvalue weighted by molar-refractivity contribution is 5.79. The number of rotatable bonds is 1. The van der Waals surface area contributed by atoms with Gasteiger partial charge in [-0.1, -0.05) is 24.3 Å². The minimum atomic E-state index is -0.812. The van der Waals surface area contributed by atoms with Gasteiger partial charge in [-0.05, 0) is 6.92 Å². The van der Waals surface area contributed by atoms with Gasteiger partial charge < -0.3 is 5.11 Å². The second-order valence-corrected chi connectivity index (χ2v) is 2.50. The lowest BCUT2D eigenvalue weighted by Gasteiger charge is -2.19. The lowest BCUT2D eigenvalue weighted by molar-refractivity contribution is -0.143. The van der Waals surface area contributed by atoms with E-state index >= 15 is 0 Å². The third-order valence-electron chi connectivity index (χ3n) is 1.57. The number of carbonyl (C=O) groups is 1. The zero-order valence-electron chi connectivity index (χ0n) is 5.74. The van der Waals surface area contributed by atoms with Crippen molar-refractivity contribution >= 4 is 5.97 Å². The van der Waals surface area contributed by atoms with E-state index in [0.29, 0.717) is 0 Å². The van der Waals surface area contributed by atoms with Gasteiger partial charge in [-0.25, -0.2) is 0 Å². The molecule has 2 heteroatoms. The number of carboxylic acids is 1. The molecule has 0 saturated carbocycles. The van der Waals surface area contributed by atoms with Gasteiger partial charge in [-0.15, -0.1) is 0 Å². The van der Waals surface area contributed by atoms with Crippen molar-refractivity contribution in [1.82, 2.24) is 0 Å². The third kappa shape index (κ3) is 1.10. The van der Waals surface area contributed by atoms with Crippen molar-refractivity contribution in [3.05, 3.63) is 30.7 Å². The van der Waals surface area contributed by atoms with Crippen LogP contribution in [-0.4, -0.2) is 11.1 Å². The first-order valence-electron chi connectivity index (χ1n) is 3.09. The summed E-state index contributed by atoms with van der Waals surface area (Å²) in [6.45, 7) is 1.66. The second-order valence-electron chi connectivity index (χ2n) is 2.50. The van der Waals surface area contributed by atoms with E-state index in [1.807, 2.05) is 6.08 Å². The summed E-state index contributed by atoms with van der Waals surface area (Å²) in [5.41, 5.74) is -0.797. The lowest BCUT2D eigenvalue weighted by Crippen LogP contribution is -2.25. The first-order chi connectivity index (χ1) is 4.65. The summed E-state index contributed by atoms with van der Waals surface area (Å²) in [4.78, 5) is 10.6. The molecule has 0 heterocycles. The van der Waals surface area contributed by atoms with E-state index in [1.165, 1.54) is 0 Å². The van der Waals surface area contributed by atoms with Gasteiger partial charge in [0.25, 0.3) is 0 Å². The average molecular weight is 137 g/mol. The molecule has 1 aliphatic carbocycles. The summed E-state index contributed by atoms with van der Waals surface area (Å²) in [7, 11) is 0. The monoisotopic (exact) mass is 137 g/mol. The Morgan fingerprint density at radius 3 is 2.40 bits per heavy atom. The zero-order valence-corrected chi connectivity index (χ0v) is 5.74. The Kier molecular flexibility index (Phi) is 1.62. The Balaban J connectivity index is 2.80. The van der Waals surface area contributed by atoms with E-state index in [1.54, 1.807) is 31.6 Å². The molecule has 0 aliphatic heterocycles. The normalized spacial score (nSPS) is 30.5. The summed E-state index contributed by atoms with van der Waals surface area (Å²) in [6, 6.07) is 0. The quantitative estimate of drug-likeness (QED) is 0.593. The number of carboxylic acid groups (broad SMARTS) is 1. The summed E-state index contributed by atoms with van der Waals surface area (Å²) >= 11 is 0. The molecule has 1 aliphatic rings. The van der Waals surface area contributed by atoms with Crippen LogP contribution in [0.4, 0.5) is 0 Å². The molecular weight excluding hydrogens is 128 g/mol. The summed E-state index contributed by atoms with van der Waals surface area (Å²) in [5.74, 6) is -0.812. The number of hydrogen-bond donors (Lipinski definition) is 1. The Bertz CT molecular complexity index is 203. The molecule has 0 amide bonds. The molecule has 53 valence electrons. The van der Waals surface area contributed by atoms with Gasteiger partial charge >= 0.3 is 5.97 Å². The molecule has 1 radical (unpaired) electrons. The topological polar surface area (TPSA) is 37.3 Å². The second kappa shape index (κ2) is 2.29. The minimum Gasteiger partial charge on any atom is -0.481 e. The van der Waals surface area contributed by atoms with Crippen LogP contribution in [0.2, 0.25) is 0 Å². The minimum absolute atomic E-state index is 0.797. The average Bonchev–Trinajstić information content (AvgIpc) is 1.89. The summed E-state index contributed by atoms with van der Waals surface area (Å²) in [6.07, 6.45) is 8.62. The van der Waals surface area contributed by atoms with Gasteiger partial charge in [-0.2, -0.15) is 0 Å². The van der Waals surface area contributed by atoms with Crippen LogP contribution in [0, 0.1) is 11.8 Å². The van der Waals surface area contributed by atoms with Crippen LogP contribution in [-0.2, 0) is 4.79 Å². The Morgan fingerprint density at radius 1 is 1.40 bits per heavy atom. The molecule has 0 fully saturated rings. The van der Waals surface area contributed by atoms with Crippen LogP contribution in [0.15, 0.2) is 24.3 Å². The van der Waals surface area contributed by atoms with Crippen molar-refractivity contribution in [3.8, 4) is 0 Å². The lowest BCUT2D eigenvalue weighted by atomic mass is 9.84. The van der Waals surface area contributed by atoms with Crippen molar-refractivity contribution in [2.45, 2.75) is 6.92 Å².